The van der Waals surface area contributed by atoms with Gasteiger partial charge in [0.15, 0.2) is 0 Å². The summed E-state index contributed by atoms with van der Waals surface area (Å²) in [5.74, 6) is 1.11. The van der Waals surface area contributed by atoms with Crippen molar-refractivity contribution in [2.45, 2.75) is 32.9 Å². The van der Waals surface area contributed by atoms with Gasteiger partial charge in [0.25, 0.3) is 0 Å². The van der Waals surface area contributed by atoms with Gasteiger partial charge in [0, 0.05) is 11.4 Å². The normalized spacial score (nSPS) is 13.7. The fourth-order valence-corrected chi connectivity index (χ4v) is 3.18. The number of rotatable bonds is 7. The maximum Gasteiger partial charge on any atom is 0.234 e. The van der Waals surface area contributed by atoms with Crippen molar-refractivity contribution in [3.8, 4) is 0 Å². The van der Waals surface area contributed by atoms with Crippen LogP contribution in [0.15, 0.2) is 65.1 Å². The first-order valence-electron chi connectivity index (χ1n) is 9.10. The predicted octanol–water partition coefficient (Wildman–Crippen LogP) is 4.60. The molecule has 0 saturated heterocycles. The molecule has 0 aliphatic heterocycles. The summed E-state index contributed by atoms with van der Waals surface area (Å²) < 4.78 is 5.83. The molecular weight excluding hydrogens is 324 g/mol. The van der Waals surface area contributed by atoms with E-state index >= 15 is 0 Å². The molecule has 1 aromatic heterocycles. The second kappa shape index (κ2) is 8.19. The quantitative estimate of drug-likeness (QED) is 0.655. The molecule has 2 aromatic carbocycles. The maximum absolute atomic E-state index is 12.4. The summed E-state index contributed by atoms with van der Waals surface area (Å²) in [4.78, 5) is 12.4. The summed E-state index contributed by atoms with van der Waals surface area (Å²) in [6.07, 6.45) is 0. The van der Waals surface area contributed by atoms with Gasteiger partial charge in [0.05, 0.1) is 12.6 Å². The number of nitrogens with one attached hydrogen (secondary N) is 2. The molecule has 3 rings (SSSR count). The summed E-state index contributed by atoms with van der Waals surface area (Å²) in [5, 5.41) is 7.43. The Morgan fingerprint density at radius 1 is 1.00 bits per heavy atom. The van der Waals surface area contributed by atoms with E-state index in [0.29, 0.717) is 5.92 Å². The molecule has 0 radical (unpaired) electrons. The van der Waals surface area contributed by atoms with Gasteiger partial charge in [0.1, 0.15) is 11.3 Å². The van der Waals surface area contributed by atoms with Gasteiger partial charge < -0.3 is 15.1 Å². The van der Waals surface area contributed by atoms with Crippen molar-refractivity contribution in [1.82, 2.24) is 10.6 Å². The molecule has 2 atom stereocenters. The van der Waals surface area contributed by atoms with Gasteiger partial charge in [-0.3, -0.25) is 4.79 Å². The number of hydrogen-bond donors (Lipinski definition) is 2. The monoisotopic (exact) mass is 350 g/mol. The molecule has 0 aliphatic rings. The van der Waals surface area contributed by atoms with Crippen LogP contribution in [0.2, 0.25) is 0 Å². The standard InChI is InChI=1S/C22H26N2O2/c1-15(2)22(17-9-5-4-6-10-17)23-14-21(25)24-16(3)20-13-18-11-7-8-12-19(18)26-20/h4-13,15-16,22-23H,14H2,1-3H3,(H,24,25)/t16-,22-/m0/s1. The molecule has 1 amide bonds. The summed E-state index contributed by atoms with van der Waals surface area (Å²) in [6, 6.07) is 20.0. The average Bonchev–Trinajstić information content (AvgIpc) is 3.07. The zero-order chi connectivity index (χ0) is 18.5. The van der Waals surface area contributed by atoms with Gasteiger partial charge >= 0.3 is 0 Å². The lowest BCUT2D eigenvalue weighted by Crippen LogP contribution is -2.38. The number of amides is 1. The third-order valence-electron chi connectivity index (χ3n) is 4.56. The van der Waals surface area contributed by atoms with Gasteiger partial charge in [0.2, 0.25) is 5.91 Å². The van der Waals surface area contributed by atoms with Gasteiger partial charge in [-0.15, -0.1) is 0 Å². The molecule has 0 fully saturated rings. The van der Waals surface area contributed by atoms with Crippen LogP contribution >= 0.6 is 0 Å². The van der Waals surface area contributed by atoms with Crippen LogP contribution in [-0.2, 0) is 4.79 Å². The Labute approximate surface area is 154 Å². The summed E-state index contributed by atoms with van der Waals surface area (Å²) >= 11 is 0. The van der Waals surface area contributed by atoms with E-state index < -0.39 is 0 Å². The van der Waals surface area contributed by atoms with E-state index in [1.54, 1.807) is 0 Å². The van der Waals surface area contributed by atoms with Crippen molar-refractivity contribution in [1.29, 1.82) is 0 Å². The highest BCUT2D eigenvalue weighted by molar-refractivity contribution is 5.80. The fraction of sp³-hybridized carbons (Fsp3) is 0.318. The highest BCUT2D eigenvalue weighted by Gasteiger charge is 2.18. The third-order valence-corrected chi connectivity index (χ3v) is 4.56. The van der Waals surface area contributed by atoms with E-state index in [-0.39, 0.29) is 24.5 Å². The van der Waals surface area contributed by atoms with E-state index in [1.807, 2.05) is 55.5 Å². The minimum absolute atomic E-state index is 0.0421. The molecule has 2 N–H and O–H groups in total. The summed E-state index contributed by atoms with van der Waals surface area (Å²) in [5.41, 5.74) is 2.03. The molecule has 0 bridgehead atoms. The number of furan rings is 1. The van der Waals surface area contributed by atoms with Crippen LogP contribution in [-0.4, -0.2) is 12.5 Å². The van der Waals surface area contributed by atoms with Crippen LogP contribution in [0.5, 0.6) is 0 Å². The van der Waals surface area contributed by atoms with Crippen molar-refractivity contribution in [2.75, 3.05) is 6.54 Å². The van der Waals surface area contributed by atoms with E-state index in [9.17, 15) is 4.79 Å². The lowest BCUT2D eigenvalue weighted by atomic mass is 9.96. The Bertz CT molecular complexity index is 822. The Kier molecular flexibility index (Phi) is 5.74. The third kappa shape index (κ3) is 4.33. The second-order valence-corrected chi connectivity index (χ2v) is 6.99. The van der Waals surface area contributed by atoms with Crippen molar-refractivity contribution >= 4 is 16.9 Å². The largest absolute Gasteiger partial charge is 0.459 e. The van der Waals surface area contributed by atoms with Crippen LogP contribution in [0.1, 0.15) is 44.2 Å². The molecule has 1 heterocycles. The van der Waals surface area contributed by atoms with Crippen LogP contribution in [0.25, 0.3) is 11.0 Å². The topological polar surface area (TPSA) is 54.3 Å². The highest BCUT2D eigenvalue weighted by atomic mass is 16.3. The van der Waals surface area contributed by atoms with Gasteiger partial charge in [-0.1, -0.05) is 62.4 Å². The molecule has 0 saturated carbocycles. The number of benzene rings is 2. The molecule has 4 nitrogen and oxygen atoms in total. The fourth-order valence-electron chi connectivity index (χ4n) is 3.18. The van der Waals surface area contributed by atoms with Gasteiger partial charge in [-0.25, -0.2) is 0 Å². The Balaban J connectivity index is 1.59. The second-order valence-electron chi connectivity index (χ2n) is 6.99. The lowest BCUT2D eigenvalue weighted by Gasteiger charge is -2.23. The van der Waals surface area contributed by atoms with E-state index in [1.165, 1.54) is 5.56 Å². The van der Waals surface area contributed by atoms with Crippen LogP contribution in [0.4, 0.5) is 0 Å². The predicted molar refractivity (Wildman–Crippen MR) is 105 cm³/mol. The zero-order valence-electron chi connectivity index (χ0n) is 15.5. The first-order valence-corrected chi connectivity index (χ1v) is 9.10. The molecule has 0 aliphatic carbocycles. The van der Waals surface area contributed by atoms with Crippen molar-refractivity contribution in [3.05, 3.63) is 72.0 Å². The minimum atomic E-state index is -0.175. The molecular formula is C22H26N2O2. The Morgan fingerprint density at radius 3 is 2.38 bits per heavy atom. The number of carbonyl (C=O) groups is 1. The summed E-state index contributed by atoms with van der Waals surface area (Å²) in [6.45, 7) is 6.51. The van der Waals surface area contributed by atoms with E-state index in [2.05, 4.69) is 36.6 Å². The first kappa shape index (κ1) is 18.2. The van der Waals surface area contributed by atoms with Crippen LogP contribution in [0, 0.1) is 5.92 Å². The van der Waals surface area contributed by atoms with E-state index in [4.69, 9.17) is 4.42 Å². The molecule has 136 valence electrons. The first-order chi connectivity index (χ1) is 12.5. The van der Waals surface area contributed by atoms with Gasteiger partial charge in [-0.05, 0) is 30.5 Å². The average molecular weight is 350 g/mol. The van der Waals surface area contributed by atoms with Crippen molar-refractivity contribution < 1.29 is 9.21 Å². The van der Waals surface area contributed by atoms with Crippen molar-refractivity contribution in [2.24, 2.45) is 5.92 Å². The zero-order valence-corrected chi connectivity index (χ0v) is 15.5. The SMILES string of the molecule is CC(C)[C@H](NCC(=O)N[C@@H](C)c1cc2ccccc2o1)c1ccccc1. The number of hydrogen-bond acceptors (Lipinski definition) is 3. The minimum Gasteiger partial charge on any atom is -0.459 e. The van der Waals surface area contributed by atoms with Crippen LogP contribution in [0.3, 0.4) is 0 Å². The van der Waals surface area contributed by atoms with Crippen LogP contribution < -0.4 is 10.6 Å². The highest BCUT2D eigenvalue weighted by Crippen LogP contribution is 2.24. The maximum atomic E-state index is 12.4. The molecule has 3 aromatic rings. The summed E-state index contributed by atoms with van der Waals surface area (Å²) in [7, 11) is 0. The van der Waals surface area contributed by atoms with Gasteiger partial charge in [-0.2, -0.15) is 0 Å². The Morgan fingerprint density at radius 2 is 1.69 bits per heavy atom. The number of carbonyl (C=O) groups excluding carboxylic acids is 1. The lowest BCUT2D eigenvalue weighted by molar-refractivity contribution is -0.121. The molecule has 4 heteroatoms. The smallest absolute Gasteiger partial charge is 0.234 e. The number of para-hydroxylation sites is 1. The molecule has 26 heavy (non-hydrogen) atoms. The van der Waals surface area contributed by atoms with E-state index in [0.717, 1.165) is 16.7 Å². The molecule has 0 unspecified atom stereocenters. The van der Waals surface area contributed by atoms with Crippen molar-refractivity contribution in [3.63, 3.8) is 0 Å². The Hall–Kier alpha value is -2.59. The number of fused-ring (bicyclic) bond motifs is 1. The molecule has 0 spiro atoms.